The number of aryl methyl sites for hydroxylation is 1. The molecule has 1 fully saturated rings. The van der Waals surface area contributed by atoms with Crippen LogP contribution in [0.2, 0.25) is 0 Å². The standard InChI is InChI=1S/C16H17N2P/c1-10-9-18-8-7-12-5-4-6-13(14(12)15(18)17-10)16(3)11(2)19-16/h4-9,11,19H,1-3H3. The highest BCUT2D eigenvalue weighted by Gasteiger charge is 2.48. The van der Waals surface area contributed by atoms with Crippen molar-refractivity contribution in [2.45, 2.75) is 31.6 Å². The number of hydrogen-bond acceptors (Lipinski definition) is 1. The Balaban J connectivity index is 2.16. The van der Waals surface area contributed by atoms with Crippen molar-refractivity contribution < 1.29 is 0 Å². The fourth-order valence-corrected chi connectivity index (χ4v) is 4.42. The summed E-state index contributed by atoms with van der Waals surface area (Å²) in [5, 5.41) is 3.01. The van der Waals surface area contributed by atoms with Gasteiger partial charge in [-0.2, -0.15) is 0 Å². The second kappa shape index (κ2) is 3.58. The number of fused-ring (bicyclic) bond motifs is 3. The predicted octanol–water partition coefficient (Wildman–Crippen LogP) is 4.09. The van der Waals surface area contributed by atoms with Crippen LogP contribution in [0.5, 0.6) is 0 Å². The van der Waals surface area contributed by atoms with Gasteiger partial charge in [0.1, 0.15) is 5.65 Å². The minimum absolute atomic E-state index is 0.362. The number of benzene rings is 1. The van der Waals surface area contributed by atoms with Crippen LogP contribution < -0.4 is 0 Å². The molecule has 0 bridgehead atoms. The quantitative estimate of drug-likeness (QED) is 0.607. The lowest BCUT2D eigenvalue weighted by Crippen LogP contribution is -2.06. The zero-order valence-electron chi connectivity index (χ0n) is 11.4. The van der Waals surface area contributed by atoms with Crippen LogP contribution >= 0.6 is 8.58 Å². The van der Waals surface area contributed by atoms with Gasteiger partial charge in [0.05, 0.1) is 5.69 Å². The minimum atomic E-state index is 0.362. The smallest absolute Gasteiger partial charge is 0.145 e. The van der Waals surface area contributed by atoms with Crippen molar-refractivity contribution in [3.8, 4) is 0 Å². The highest BCUT2D eigenvalue weighted by Crippen LogP contribution is 2.67. The zero-order chi connectivity index (χ0) is 13.2. The first-order valence-corrected chi connectivity index (χ1v) is 7.82. The van der Waals surface area contributed by atoms with Crippen LogP contribution in [-0.2, 0) is 5.16 Å². The van der Waals surface area contributed by atoms with Crippen molar-refractivity contribution >= 4 is 25.0 Å². The maximum atomic E-state index is 4.73. The number of rotatable bonds is 1. The average molecular weight is 268 g/mol. The Kier molecular flexibility index (Phi) is 2.15. The van der Waals surface area contributed by atoms with E-state index in [0.29, 0.717) is 5.16 Å². The molecule has 0 saturated carbocycles. The Morgan fingerprint density at radius 2 is 2.11 bits per heavy atom. The van der Waals surface area contributed by atoms with Crippen molar-refractivity contribution in [2.75, 3.05) is 0 Å². The Morgan fingerprint density at radius 1 is 1.32 bits per heavy atom. The fraction of sp³-hybridized carbons (Fsp3) is 0.312. The molecule has 1 aromatic carbocycles. The summed E-state index contributed by atoms with van der Waals surface area (Å²) >= 11 is 0. The molecule has 19 heavy (non-hydrogen) atoms. The SMILES string of the molecule is Cc1cn2ccc3cccc(C4(C)PC4C)c3c2n1. The summed E-state index contributed by atoms with van der Waals surface area (Å²) in [6, 6.07) is 8.88. The van der Waals surface area contributed by atoms with Gasteiger partial charge in [0, 0.05) is 22.9 Å². The molecule has 3 unspecified atom stereocenters. The monoisotopic (exact) mass is 268 g/mol. The van der Waals surface area contributed by atoms with Crippen molar-refractivity contribution in [1.29, 1.82) is 0 Å². The molecule has 3 aromatic rings. The lowest BCUT2D eigenvalue weighted by atomic mass is 9.93. The van der Waals surface area contributed by atoms with E-state index >= 15 is 0 Å². The summed E-state index contributed by atoms with van der Waals surface area (Å²) in [5.41, 5.74) is 4.47. The van der Waals surface area contributed by atoms with Gasteiger partial charge in [-0.05, 0) is 29.6 Å². The van der Waals surface area contributed by atoms with E-state index in [1.807, 2.05) is 0 Å². The van der Waals surface area contributed by atoms with Gasteiger partial charge in [0.15, 0.2) is 0 Å². The molecule has 4 rings (SSSR count). The third kappa shape index (κ3) is 1.50. The first-order valence-electron chi connectivity index (χ1n) is 6.75. The molecule has 96 valence electrons. The Bertz CT molecular complexity index is 805. The van der Waals surface area contributed by atoms with Crippen molar-refractivity contribution in [3.05, 3.63) is 47.9 Å². The van der Waals surface area contributed by atoms with Crippen LogP contribution in [0.4, 0.5) is 0 Å². The van der Waals surface area contributed by atoms with Crippen molar-refractivity contribution in [1.82, 2.24) is 9.38 Å². The first-order chi connectivity index (χ1) is 9.09. The van der Waals surface area contributed by atoms with E-state index in [2.05, 4.69) is 61.8 Å². The molecule has 1 aliphatic rings. The molecule has 0 radical (unpaired) electrons. The summed E-state index contributed by atoms with van der Waals surface area (Å²) in [4.78, 5) is 4.73. The van der Waals surface area contributed by atoms with Gasteiger partial charge in [-0.25, -0.2) is 4.98 Å². The molecule has 2 nitrogen and oxygen atoms in total. The maximum absolute atomic E-state index is 4.73. The maximum Gasteiger partial charge on any atom is 0.145 e. The van der Waals surface area contributed by atoms with E-state index in [4.69, 9.17) is 4.98 Å². The minimum Gasteiger partial charge on any atom is -0.306 e. The van der Waals surface area contributed by atoms with Crippen LogP contribution in [-0.4, -0.2) is 15.0 Å². The summed E-state index contributed by atoms with van der Waals surface area (Å²) in [6.07, 6.45) is 4.22. The molecule has 1 saturated heterocycles. The highest BCUT2D eigenvalue weighted by atomic mass is 31.1. The van der Waals surface area contributed by atoms with E-state index in [9.17, 15) is 0 Å². The number of imidazole rings is 1. The molecule has 0 amide bonds. The second-order valence-electron chi connectivity index (χ2n) is 5.77. The predicted molar refractivity (Wildman–Crippen MR) is 82.6 cm³/mol. The normalized spacial score (nSPS) is 27.4. The summed E-state index contributed by atoms with van der Waals surface area (Å²) < 4.78 is 2.15. The lowest BCUT2D eigenvalue weighted by molar-refractivity contribution is 0.790. The van der Waals surface area contributed by atoms with Crippen LogP contribution in [0.15, 0.2) is 36.7 Å². The molecule has 3 atom stereocenters. The summed E-state index contributed by atoms with van der Waals surface area (Å²) in [6.45, 7) is 6.81. The van der Waals surface area contributed by atoms with E-state index in [0.717, 1.165) is 25.6 Å². The molecule has 0 spiro atoms. The van der Waals surface area contributed by atoms with E-state index in [1.54, 1.807) is 0 Å². The summed E-state index contributed by atoms with van der Waals surface area (Å²) in [7, 11) is 1.03. The zero-order valence-corrected chi connectivity index (χ0v) is 12.4. The van der Waals surface area contributed by atoms with Gasteiger partial charge in [-0.1, -0.05) is 32.0 Å². The molecule has 2 aromatic heterocycles. The van der Waals surface area contributed by atoms with Gasteiger partial charge < -0.3 is 4.40 Å². The largest absolute Gasteiger partial charge is 0.306 e. The van der Waals surface area contributed by atoms with E-state index in [1.165, 1.54) is 16.3 Å². The number of nitrogens with zero attached hydrogens (tertiary/aromatic N) is 2. The van der Waals surface area contributed by atoms with Crippen molar-refractivity contribution in [3.63, 3.8) is 0 Å². The van der Waals surface area contributed by atoms with Gasteiger partial charge in [-0.15, -0.1) is 8.58 Å². The van der Waals surface area contributed by atoms with Crippen LogP contribution in [0.25, 0.3) is 16.4 Å². The molecule has 3 heteroatoms. The average Bonchev–Trinajstić information content (AvgIpc) is 2.84. The Labute approximate surface area is 114 Å². The first kappa shape index (κ1) is 11.4. The molecular formula is C16H17N2P. The second-order valence-corrected chi connectivity index (χ2v) is 7.96. The van der Waals surface area contributed by atoms with Crippen LogP contribution in [0.3, 0.4) is 0 Å². The molecule has 0 N–H and O–H groups in total. The Morgan fingerprint density at radius 3 is 2.84 bits per heavy atom. The highest BCUT2D eigenvalue weighted by molar-refractivity contribution is 7.49. The van der Waals surface area contributed by atoms with Gasteiger partial charge in [0.25, 0.3) is 0 Å². The van der Waals surface area contributed by atoms with Crippen LogP contribution in [0.1, 0.15) is 25.1 Å². The number of pyridine rings is 1. The Hall–Kier alpha value is -1.40. The van der Waals surface area contributed by atoms with Crippen molar-refractivity contribution in [2.24, 2.45) is 0 Å². The van der Waals surface area contributed by atoms with Gasteiger partial charge >= 0.3 is 0 Å². The molecule has 1 aliphatic heterocycles. The lowest BCUT2D eigenvalue weighted by Gasteiger charge is -2.14. The van der Waals surface area contributed by atoms with E-state index < -0.39 is 0 Å². The van der Waals surface area contributed by atoms with Crippen LogP contribution in [0, 0.1) is 6.92 Å². The molecule has 3 heterocycles. The number of hydrogen-bond donors (Lipinski definition) is 0. The third-order valence-corrected chi connectivity index (χ3v) is 6.45. The van der Waals surface area contributed by atoms with Gasteiger partial charge in [0.2, 0.25) is 0 Å². The van der Waals surface area contributed by atoms with Gasteiger partial charge in [-0.3, -0.25) is 0 Å². The molecular weight excluding hydrogens is 251 g/mol. The summed E-state index contributed by atoms with van der Waals surface area (Å²) in [5.74, 6) is 0. The third-order valence-electron chi connectivity index (χ3n) is 4.45. The van der Waals surface area contributed by atoms with E-state index in [-0.39, 0.29) is 0 Å². The topological polar surface area (TPSA) is 17.3 Å². The number of aromatic nitrogens is 2. The molecule has 0 aliphatic carbocycles. The fourth-order valence-electron chi connectivity index (χ4n) is 3.09.